The molecule has 1 aliphatic carbocycles. The van der Waals surface area contributed by atoms with Crippen molar-refractivity contribution in [1.29, 1.82) is 0 Å². The van der Waals surface area contributed by atoms with Crippen LogP contribution in [0.3, 0.4) is 0 Å². The Morgan fingerprint density at radius 2 is 1.97 bits per heavy atom. The minimum atomic E-state index is 0.136. The Hall–Kier alpha value is -1.79. The Bertz CT molecular complexity index is 669. The first-order valence-electron chi connectivity index (χ1n) is 11.3. The number of hydrogen-bond donors (Lipinski definition) is 1. The Morgan fingerprint density at radius 3 is 2.76 bits per heavy atom. The van der Waals surface area contributed by atoms with Crippen molar-refractivity contribution in [1.82, 2.24) is 10.2 Å². The molecular formula is C23H35N3O3. The third-order valence-electron chi connectivity index (χ3n) is 6.19. The van der Waals surface area contributed by atoms with E-state index in [9.17, 15) is 0 Å². The zero-order valence-corrected chi connectivity index (χ0v) is 17.6. The van der Waals surface area contributed by atoms with Gasteiger partial charge in [0.25, 0.3) is 0 Å². The largest absolute Gasteiger partial charge is 0.490 e. The molecule has 0 radical (unpaired) electrons. The summed E-state index contributed by atoms with van der Waals surface area (Å²) in [6.45, 7) is 3.99. The van der Waals surface area contributed by atoms with Gasteiger partial charge in [-0.25, -0.2) is 0 Å². The van der Waals surface area contributed by atoms with Gasteiger partial charge in [-0.05, 0) is 56.2 Å². The fraction of sp³-hybridized carbons (Fsp3) is 0.696. The number of ether oxygens (including phenoxy) is 3. The van der Waals surface area contributed by atoms with Gasteiger partial charge in [0, 0.05) is 33.3 Å². The molecule has 2 unspecified atom stereocenters. The molecule has 4 rings (SSSR count). The Kier molecular flexibility index (Phi) is 7.28. The second-order valence-corrected chi connectivity index (χ2v) is 8.33. The van der Waals surface area contributed by atoms with Gasteiger partial charge in [0.05, 0.1) is 18.8 Å². The summed E-state index contributed by atoms with van der Waals surface area (Å²) < 4.78 is 18.0. The number of nitrogens with one attached hydrogen (secondary N) is 1. The molecule has 2 atom stereocenters. The summed E-state index contributed by atoms with van der Waals surface area (Å²) in [4.78, 5) is 6.80. The summed E-state index contributed by atoms with van der Waals surface area (Å²) in [5.41, 5.74) is 1.21. The lowest BCUT2D eigenvalue weighted by atomic mass is 9.98. The monoisotopic (exact) mass is 401 g/mol. The predicted molar refractivity (Wildman–Crippen MR) is 114 cm³/mol. The van der Waals surface area contributed by atoms with E-state index in [1.807, 2.05) is 7.05 Å². The molecule has 6 heteroatoms. The van der Waals surface area contributed by atoms with Gasteiger partial charge in [-0.1, -0.05) is 18.6 Å². The fourth-order valence-electron chi connectivity index (χ4n) is 4.61. The maximum Gasteiger partial charge on any atom is 0.194 e. The highest BCUT2D eigenvalue weighted by atomic mass is 16.5. The van der Waals surface area contributed by atoms with Crippen molar-refractivity contribution in [3.8, 4) is 5.75 Å². The number of aliphatic imine (C=N–C) groups is 1. The Balaban J connectivity index is 1.30. The van der Waals surface area contributed by atoms with E-state index in [2.05, 4.69) is 39.5 Å². The van der Waals surface area contributed by atoms with E-state index >= 15 is 0 Å². The van der Waals surface area contributed by atoms with E-state index in [1.54, 1.807) is 0 Å². The van der Waals surface area contributed by atoms with Crippen LogP contribution in [0.5, 0.6) is 5.75 Å². The molecule has 0 aromatic heterocycles. The molecule has 0 spiro atoms. The number of benzene rings is 1. The quantitative estimate of drug-likeness (QED) is 0.606. The van der Waals surface area contributed by atoms with E-state index in [1.165, 1.54) is 37.7 Å². The third kappa shape index (κ3) is 5.64. The molecule has 2 aliphatic heterocycles. The van der Waals surface area contributed by atoms with Crippen LogP contribution in [0.25, 0.3) is 0 Å². The van der Waals surface area contributed by atoms with E-state index in [-0.39, 0.29) is 12.2 Å². The predicted octanol–water partition coefficient (Wildman–Crippen LogP) is 3.35. The average molecular weight is 402 g/mol. The van der Waals surface area contributed by atoms with Crippen molar-refractivity contribution in [3.63, 3.8) is 0 Å². The maximum atomic E-state index is 6.22. The normalized spacial score (nSPS) is 26.5. The standard InChI is InChI=1S/C23H35N3O3/c1-24-23(26-12-14-28-22(17-26)21-11-6-13-27-21)25-16-18-7-5-10-20(15-18)29-19-8-3-2-4-9-19/h5,7,10,15,19,21-22H,2-4,6,8-9,11-14,16-17H2,1H3,(H,24,25). The van der Waals surface area contributed by atoms with Crippen LogP contribution in [0.2, 0.25) is 0 Å². The van der Waals surface area contributed by atoms with Crippen LogP contribution in [0.4, 0.5) is 0 Å². The van der Waals surface area contributed by atoms with Crippen LogP contribution in [0.1, 0.15) is 50.5 Å². The van der Waals surface area contributed by atoms with Gasteiger partial charge in [0.2, 0.25) is 0 Å². The molecule has 1 saturated carbocycles. The van der Waals surface area contributed by atoms with E-state index in [0.29, 0.717) is 6.10 Å². The van der Waals surface area contributed by atoms with Crippen molar-refractivity contribution in [3.05, 3.63) is 29.8 Å². The molecular weight excluding hydrogens is 366 g/mol. The average Bonchev–Trinajstić information content (AvgIpc) is 3.31. The van der Waals surface area contributed by atoms with Gasteiger partial charge in [-0.3, -0.25) is 4.99 Å². The molecule has 6 nitrogen and oxygen atoms in total. The summed E-state index contributed by atoms with van der Waals surface area (Å²) in [5, 5.41) is 3.52. The molecule has 2 saturated heterocycles. The second kappa shape index (κ2) is 10.3. The minimum absolute atomic E-state index is 0.136. The summed E-state index contributed by atoms with van der Waals surface area (Å²) >= 11 is 0. The molecule has 1 N–H and O–H groups in total. The molecule has 1 aromatic rings. The fourth-order valence-corrected chi connectivity index (χ4v) is 4.61. The number of nitrogens with zero attached hydrogens (tertiary/aromatic N) is 2. The van der Waals surface area contributed by atoms with Crippen molar-refractivity contribution in [2.24, 2.45) is 4.99 Å². The summed E-state index contributed by atoms with van der Waals surface area (Å²) in [7, 11) is 1.85. The minimum Gasteiger partial charge on any atom is -0.490 e. The summed E-state index contributed by atoms with van der Waals surface area (Å²) in [6, 6.07) is 8.45. The van der Waals surface area contributed by atoms with Gasteiger partial charge in [0.15, 0.2) is 5.96 Å². The Morgan fingerprint density at radius 1 is 1.10 bits per heavy atom. The van der Waals surface area contributed by atoms with Crippen LogP contribution < -0.4 is 10.1 Å². The van der Waals surface area contributed by atoms with Gasteiger partial charge < -0.3 is 24.4 Å². The van der Waals surface area contributed by atoms with E-state index in [0.717, 1.165) is 57.4 Å². The summed E-state index contributed by atoms with van der Waals surface area (Å²) in [5.74, 6) is 1.91. The summed E-state index contributed by atoms with van der Waals surface area (Å²) in [6.07, 6.45) is 9.25. The topological polar surface area (TPSA) is 55.3 Å². The molecule has 2 heterocycles. The molecule has 3 fully saturated rings. The lowest BCUT2D eigenvalue weighted by molar-refractivity contribution is -0.0817. The van der Waals surface area contributed by atoms with Crippen LogP contribution in [-0.2, 0) is 16.0 Å². The second-order valence-electron chi connectivity index (χ2n) is 8.33. The number of hydrogen-bond acceptors (Lipinski definition) is 4. The first-order chi connectivity index (χ1) is 14.3. The van der Waals surface area contributed by atoms with Gasteiger partial charge in [-0.15, -0.1) is 0 Å². The SMILES string of the molecule is CN=C(NCc1cccc(OC2CCCCC2)c1)N1CCOC(C2CCCO2)C1. The molecule has 29 heavy (non-hydrogen) atoms. The Labute approximate surface area is 174 Å². The highest BCUT2D eigenvalue weighted by Crippen LogP contribution is 2.24. The van der Waals surface area contributed by atoms with Crippen LogP contribution in [0.15, 0.2) is 29.3 Å². The van der Waals surface area contributed by atoms with Gasteiger partial charge in [-0.2, -0.15) is 0 Å². The van der Waals surface area contributed by atoms with Gasteiger partial charge in [0.1, 0.15) is 11.9 Å². The zero-order chi connectivity index (χ0) is 19.9. The highest BCUT2D eigenvalue weighted by Gasteiger charge is 2.32. The molecule has 3 aliphatic rings. The number of morpholine rings is 1. The molecule has 0 amide bonds. The lowest BCUT2D eigenvalue weighted by Crippen LogP contribution is -2.53. The first-order valence-corrected chi connectivity index (χ1v) is 11.3. The number of rotatable bonds is 5. The highest BCUT2D eigenvalue weighted by molar-refractivity contribution is 5.80. The zero-order valence-electron chi connectivity index (χ0n) is 17.6. The molecule has 0 bridgehead atoms. The van der Waals surface area contributed by atoms with Crippen molar-refractivity contribution >= 4 is 5.96 Å². The smallest absolute Gasteiger partial charge is 0.194 e. The van der Waals surface area contributed by atoms with Gasteiger partial charge >= 0.3 is 0 Å². The van der Waals surface area contributed by atoms with E-state index < -0.39 is 0 Å². The van der Waals surface area contributed by atoms with Crippen LogP contribution >= 0.6 is 0 Å². The van der Waals surface area contributed by atoms with Crippen LogP contribution in [0, 0.1) is 0 Å². The van der Waals surface area contributed by atoms with Crippen LogP contribution in [-0.4, -0.2) is 62.5 Å². The molecule has 1 aromatic carbocycles. The lowest BCUT2D eigenvalue weighted by Gasteiger charge is -2.37. The third-order valence-corrected chi connectivity index (χ3v) is 6.19. The van der Waals surface area contributed by atoms with Crippen molar-refractivity contribution < 1.29 is 14.2 Å². The molecule has 160 valence electrons. The first kappa shape index (κ1) is 20.5. The maximum absolute atomic E-state index is 6.22. The van der Waals surface area contributed by atoms with Crippen molar-refractivity contribution in [2.45, 2.75) is 69.8 Å². The van der Waals surface area contributed by atoms with E-state index in [4.69, 9.17) is 14.2 Å². The number of guanidine groups is 1. The van der Waals surface area contributed by atoms with Crippen molar-refractivity contribution in [2.75, 3.05) is 33.4 Å².